The number of amides is 1. The number of likely N-dealkylation sites (N-methyl/N-ethyl adjacent to an activating group) is 1. The minimum atomic E-state index is -0.620. The van der Waals surface area contributed by atoms with E-state index in [0.717, 1.165) is 0 Å². The molecular formula is C20H31NO4. The number of ether oxygens (including phenoxy) is 2. The maximum atomic E-state index is 12.6. The van der Waals surface area contributed by atoms with Crippen molar-refractivity contribution in [3.8, 4) is 5.75 Å². The number of carbonyl (C=O) groups excluding carboxylic acids is 2. The second-order valence-electron chi connectivity index (χ2n) is 7.34. The molecule has 0 saturated heterocycles. The zero-order chi connectivity index (χ0) is 19.2. The molecular weight excluding hydrogens is 318 g/mol. The van der Waals surface area contributed by atoms with Crippen LogP contribution in [0.2, 0.25) is 0 Å². The number of rotatable bonds is 7. The van der Waals surface area contributed by atoms with Gasteiger partial charge in [-0.05, 0) is 37.0 Å². The quantitative estimate of drug-likeness (QED) is 0.708. The normalized spacial score (nSPS) is 13.7. The van der Waals surface area contributed by atoms with E-state index in [4.69, 9.17) is 9.47 Å². The lowest BCUT2D eigenvalue weighted by Crippen LogP contribution is -2.43. The van der Waals surface area contributed by atoms with E-state index in [2.05, 4.69) is 20.8 Å². The lowest BCUT2D eigenvalue weighted by atomic mass is 9.87. The smallest absolute Gasteiger partial charge is 0.310 e. The standard InChI is InChI=1S/C20H31NO4/c1-8-21(13-14(2)19(23)24-7)18(22)15(3)25-17-11-9-16(10-12-17)20(4,5)6/h9-12,14-15H,8,13H2,1-7H3. The van der Waals surface area contributed by atoms with Crippen molar-refractivity contribution >= 4 is 11.9 Å². The van der Waals surface area contributed by atoms with Crippen LogP contribution in [0.25, 0.3) is 0 Å². The van der Waals surface area contributed by atoms with Crippen molar-refractivity contribution in [3.63, 3.8) is 0 Å². The molecule has 0 N–H and O–H groups in total. The molecule has 5 nitrogen and oxygen atoms in total. The van der Waals surface area contributed by atoms with E-state index in [1.165, 1.54) is 12.7 Å². The molecule has 0 heterocycles. The predicted molar refractivity (Wildman–Crippen MR) is 98.7 cm³/mol. The third-order valence-electron chi connectivity index (χ3n) is 4.17. The molecule has 0 spiro atoms. The highest BCUT2D eigenvalue weighted by Crippen LogP contribution is 2.24. The number of carbonyl (C=O) groups is 2. The summed E-state index contributed by atoms with van der Waals surface area (Å²) in [5.41, 5.74) is 1.28. The van der Waals surface area contributed by atoms with Gasteiger partial charge in [0.1, 0.15) is 5.75 Å². The van der Waals surface area contributed by atoms with Gasteiger partial charge in [0.25, 0.3) is 5.91 Å². The Kier molecular flexibility index (Phi) is 7.46. The highest BCUT2D eigenvalue weighted by atomic mass is 16.5. The Morgan fingerprint density at radius 1 is 1.12 bits per heavy atom. The summed E-state index contributed by atoms with van der Waals surface area (Å²) in [6.07, 6.45) is -0.620. The molecule has 0 bridgehead atoms. The van der Waals surface area contributed by atoms with Crippen LogP contribution in [-0.2, 0) is 19.7 Å². The lowest BCUT2D eigenvalue weighted by Gasteiger charge is -2.27. The fraction of sp³-hybridized carbons (Fsp3) is 0.600. The van der Waals surface area contributed by atoms with E-state index in [-0.39, 0.29) is 23.2 Å². The molecule has 1 aromatic rings. The van der Waals surface area contributed by atoms with Crippen molar-refractivity contribution in [2.45, 2.75) is 53.1 Å². The van der Waals surface area contributed by atoms with Gasteiger partial charge in [-0.2, -0.15) is 0 Å². The van der Waals surface area contributed by atoms with Crippen molar-refractivity contribution in [1.82, 2.24) is 4.90 Å². The molecule has 0 aliphatic rings. The first-order valence-corrected chi connectivity index (χ1v) is 8.74. The Labute approximate surface area is 151 Å². The molecule has 0 saturated carbocycles. The maximum absolute atomic E-state index is 12.6. The van der Waals surface area contributed by atoms with Gasteiger partial charge in [0.05, 0.1) is 13.0 Å². The van der Waals surface area contributed by atoms with Gasteiger partial charge in [-0.1, -0.05) is 39.8 Å². The summed E-state index contributed by atoms with van der Waals surface area (Å²) in [4.78, 5) is 25.8. The van der Waals surface area contributed by atoms with Gasteiger partial charge >= 0.3 is 5.97 Å². The van der Waals surface area contributed by atoms with Gasteiger partial charge < -0.3 is 14.4 Å². The van der Waals surface area contributed by atoms with Gasteiger partial charge in [-0.3, -0.25) is 9.59 Å². The Bertz CT molecular complexity index is 574. The van der Waals surface area contributed by atoms with Crippen molar-refractivity contribution in [1.29, 1.82) is 0 Å². The number of hydrogen-bond donors (Lipinski definition) is 0. The Hall–Kier alpha value is -2.04. The van der Waals surface area contributed by atoms with Gasteiger partial charge in [-0.25, -0.2) is 0 Å². The first kappa shape index (κ1) is 21.0. The first-order chi connectivity index (χ1) is 11.6. The van der Waals surface area contributed by atoms with Crippen LogP contribution >= 0.6 is 0 Å². The highest BCUT2D eigenvalue weighted by molar-refractivity contribution is 5.81. The van der Waals surface area contributed by atoms with Crippen LogP contribution in [-0.4, -0.2) is 43.1 Å². The van der Waals surface area contributed by atoms with E-state index < -0.39 is 6.10 Å². The molecule has 0 aliphatic heterocycles. The Morgan fingerprint density at radius 2 is 1.68 bits per heavy atom. The zero-order valence-corrected chi connectivity index (χ0v) is 16.5. The minimum Gasteiger partial charge on any atom is -0.481 e. The fourth-order valence-corrected chi connectivity index (χ4v) is 2.53. The molecule has 0 radical (unpaired) electrons. The predicted octanol–water partition coefficient (Wildman–Crippen LogP) is 3.41. The maximum Gasteiger partial charge on any atom is 0.310 e. The minimum absolute atomic E-state index is 0.0724. The van der Waals surface area contributed by atoms with E-state index in [0.29, 0.717) is 18.8 Å². The molecule has 0 aromatic heterocycles. The molecule has 25 heavy (non-hydrogen) atoms. The van der Waals surface area contributed by atoms with Crippen molar-refractivity contribution < 1.29 is 19.1 Å². The summed E-state index contributed by atoms with van der Waals surface area (Å²) < 4.78 is 10.5. The highest BCUT2D eigenvalue weighted by Gasteiger charge is 2.25. The van der Waals surface area contributed by atoms with Crippen LogP contribution in [0.4, 0.5) is 0 Å². The Morgan fingerprint density at radius 3 is 2.12 bits per heavy atom. The number of methoxy groups -OCH3 is 1. The van der Waals surface area contributed by atoms with E-state index in [1.54, 1.807) is 18.7 Å². The second-order valence-corrected chi connectivity index (χ2v) is 7.34. The monoisotopic (exact) mass is 349 g/mol. The summed E-state index contributed by atoms with van der Waals surface area (Å²) in [5, 5.41) is 0. The molecule has 0 fully saturated rings. The summed E-state index contributed by atoms with van der Waals surface area (Å²) in [5.74, 6) is -0.172. The van der Waals surface area contributed by atoms with Crippen LogP contribution in [0.5, 0.6) is 5.75 Å². The molecule has 1 amide bonds. The van der Waals surface area contributed by atoms with Gasteiger partial charge in [0.2, 0.25) is 0 Å². The van der Waals surface area contributed by atoms with Crippen molar-refractivity contribution in [2.75, 3.05) is 20.2 Å². The lowest BCUT2D eigenvalue weighted by molar-refractivity contribution is -0.147. The molecule has 0 aliphatic carbocycles. The number of benzene rings is 1. The second kappa shape index (κ2) is 8.88. The number of nitrogens with zero attached hydrogens (tertiary/aromatic N) is 1. The average molecular weight is 349 g/mol. The first-order valence-electron chi connectivity index (χ1n) is 8.74. The molecule has 2 unspecified atom stereocenters. The van der Waals surface area contributed by atoms with Gasteiger partial charge in [-0.15, -0.1) is 0 Å². The van der Waals surface area contributed by atoms with Gasteiger partial charge in [0.15, 0.2) is 6.10 Å². The molecule has 2 atom stereocenters. The largest absolute Gasteiger partial charge is 0.481 e. The van der Waals surface area contributed by atoms with Crippen LogP contribution in [0.15, 0.2) is 24.3 Å². The number of esters is 1. The van der Waals surface area contributed by atoms with Crippen LogP contribution in [0.3, 0.4) is 0 Å². The van der Waals surface area contributed by atoms with E-state index in [1.807, 2.05) is 31.2 Å². The van der Waals surface area contributed by atoms with Crippen LogP contribution in [0.1, 0.15) is 47.1 Å². The van der Waals surface area contributed by atoms with Crippen molar-refractivity contribution in [2.24, 2.45) is 5.92 Å². The van der Waals surface area contributed by atoms with Gasteiger partial charge in [0, 0.05) is 13.1 Å². The van der Waals surface area contributed by atoms with Crippen LogP contribution in [0, 0.1) is 5.92 Å². The Balaban J connectivity index is 2.72. The average Bonchev–Trinajstić information content (AvgIpc) is 2.57. The summed E-state index contributed by atoms with van der Waals surface area (Å²) in [7, 11) is 1.35. The summed E-state index contributed by atoms with van der Waals surface area (Å²) >= 11 is 0. The van der Waals surface area contributed by atoms with Crippen LogP contribution < -0.4 is 4.74 Å². The molecule has 5 heteroatoms. The molecule has 1 aromatic carbocycles. The zero-order valence-electron chi connectivity index (χ0n) is 16.5. The molecule has 140 valence electrons. The summed E-state index contributed by atoms with van der Waals surface area (Å²) in [6.45, 7) is 12.6. The SMILES string of the molecule is CCN(CC(C)C(=O)OC)C(=O)C(C)Oc1ccc(C(C)(C)C)cc1. The summed E-state index contributed by atoms with van der Waals surface area (Å²) in [6, 6.07) is 7.81. The van der Waals surface area contributed by atoms with E-state index >= 15 is 0 Å². The topological polar surface area (TPSA) is 55.8 Å². The molecule has 1 rings (SSSR count). The van der Waals surface area contributed by atoms with E-state index in [9.17, 15) is 9.59 Å². The number of hydrogen-bond acceptors (Lipinski definition) is 4. The third kappa shape index (κ3) is 6.07. The van der Waals surface area contributed by atoms with Crippen molar-refractivity contribution in [3.05, 3.63) is 29.8 Å². The fourth-order valence-electron chi connectivity index (χ4n) is 2.53. The third-order valence-corrected chi connectivity index (χ3v) is 4.17.